The molecule has 1 aliphatic rings. The van der Waals surface area contributed by atoms with E-state index in [9.17, 15) is 54.3 Å². The molecule has 0 saturated carbocycles. The molecule has 0 spiro atoms. The Labute approximate surface area is 198 Å². The molecular weight excluding hydrogens is 498 g/mol. The second-order valence-electron chi connectivity index (χ2n) is 7.53. The highest BCUT2D eigenvalue weighted by molar-refractivity contribution is 5.88. The minimum Gasteiger partial charge on any atom is -0.480 e. The number of primary amides is 1. The topological polar surface area (TPSA) is 327 Å². The molecule has 19 heteroatoms. The molecule has 2 rings (SSSR count). The van der Waals surface area contributed by atoms with Crippen LogP contribution in [-0.2, 0) is 19.1 Å². The normalized spacial score (nSPS) is 24.8. The summed E-state index contributed by atoms with van der Waals surface area (Å²) < 4.78 is 9.88. The number of H-pyrrole nitrogens is 1. The molecule has 36 heavy (non-hydrogen) atoms. The van der Waals surface area contributed by atoms with Gasteiger partial charge in [-0.15, -0.1) is 0 Å². The molecule has 0 bridgehead atoms. The van der Waals surface area contributed by atoms with Gasteiger partial charge in [-0.3, -0.25) is 19.1 Å². The van der Waals surface area contributed by atoms with Gasteiger partial charge in [-0.25, -0.2) is 19.2 Å². The average molecular weight is 521 g/mol. The number of aromatic nitrogens is 2. The van der Waals surface area contributed by atoms with Gasteiger partial charge in [-0.1, -0.05) is 0 Å². The number of aliphatic hydroxyl groups is 4. The van der Waals surface area contributed by atoms with Crippen molar-refractivity contribution in [3.8, 4) is 0 Å². The van der Waals surface area contributed by atoms with Crippen molar-refractivity contribution in [1.82, 2.24) is 14.9 Å². The summed E-state index contributed by atoms with van der Waals surface area (Å²) in [7, 11) is 0. The number of aliphatic hydroxyl groups excluding tert-OH is 4. The van der Waals surface area contributed by atoms with Gasteiger partial charge >= 0.3 is 23.7 Å². The number of carbonyl (C=O) groups excluding carboxylic acids is 2. The lowest BCUT2D eigenvalue weighted by molar-refractivity contribution is -0.150. The quantitative estimate of drug-likeness (QED) is 0.137. The van der Waals surface area contributed by atoms with Gasteiger partial charge in [0.25, 0.3) is 5.56 Å². The predicted molar refractivity (Wildman–Crippen MR) is 109 cm³/mol. The molecule has 2 heterocycles. The molecule has 2 amide bonds. The van der Waals surface area contributed by atoms with Crippen molar-refractivity contribution in [2.45, 2.75) is 48.8 Å². The van der Waals surface area contributed by atoms with Gasteiger partial charge in [0.15, 0.2) is 12.3 Å². The number of nitrogens with zero attached hydrogens (tertiary/aromatic N) is 1. The first-order valence-electron chi connectivity index (χ1n) is 9.84. The summed E-state index contributed by atoms with van der Waals surface area (Å²) in [5, 5.41) is 60.7. The number of aromatic amines is 1. The Balaban J connectivity index is 2.25. The molecular formula is C17H23N5O14. The Kier molecular flexibility index (Phi) is 8.85. The lowest BCUT2D eigenvalue weighted by Crippen LogP contribution is -2.60. The number of carboxylic acid groups (broad SMARTS) is 2. The van der Waals surface area contributed by atoms with Crippen LogP contribution in [0.25, 0.3) is 0 Å². The van der Waals surface area contributed by atoms with Crippen molar-refractivity contribution in [2.75, 3.05) is 6.61 Å². The van der Waals surface area contributed by atoms with Gasteiger partial charge in [-0.2, -0.15) is 0 Å². The number of ether oxygens (including phenoxy) is 2. The molecule has 19 nitrogen and oxygen atoms in total. The maximum absolute atomic E-state index is 12.4. The molecule has 0 aliphatic carbocycles. The van der Waals surface area contributed by atoms with Gasteiger partial charge < -0.3 is 56.9 Å². The Bertz CT molecular complexity index is 1130. The highest BCUT2D eigenvalue weighted by Crippen LogP contribution is 2.30. The van der Waals surface area contributed by atoms with Crippen LogP contribution in [0, 0.1) is 0 Å². The standard InChI is InChI=1S/C17H23N5O14/c18-5(7(24)4(23)2-35-16(19)33)12(28)20-6(15(31)32)10-8(25)9(26)13(36-10)22-1-3(14(29)30)11(27)21-17(22)34/h1,4-10,13,23-26H,2,18H2,(H2,19,33)(H,20,28)(H,29,30)(H,31,32)(H,21,27,34). The van der Waals surface area contributed by atoms with Crippen LogP contribution in [0.2, 0.25) is 0 Å². The first kappa shape index (κ1) is 28.4. The van der Waals surface area contributed by atoms with Crippen molar-refractivity contribution in [3.63, 3.8) is 0 Å². The molecule has 1 aromatic heterocycles. The Morgan fingerprint density at radius 2 is 1.78 bits per heavy atom. The van der Waals surface area contributed by atoms with E-state index in [0.717, 1.165) is 0 Å². The largest absolute Gasteiger partial charge is 0.480 e. The summed E-state index contributed by atoms with van der Waals surface area (Å²) in [6.45, 7) is -0.857. The van der Waals surface area contributed by atoms with E-state index in [1.807, 2.05) is 5.32 Å². The maximum atomic E-state index is 12.4. The zero-order valence-electron chi connectivity index (χ0n) is 18.0. The van der Waals surface area contributed by atoms with E-state index in [4.69, 9.17) is 21.3 Å². The summed E-state index contributed by atoms with van der Waals surface area (Å²) in [6, 6.07) is -4.17. The summed E-state index contributed by atoms with van der Waals surface area (Å²) >= 11 is 0. The molecule has 12 N–H and O–H groups in total. The van der Waals surface area contributed by atoms with Crippen LogP contribution in [0.5, 0.6) is 0 Å². The first-order chi connectivity index (χ1) is 16.7. The molecule has 200 valence electrons. The SMILES string of the molecule is NC(=O)OCC(O)C(O)C(N)C(=O)NC(C(=O)O)C1OC(n2cc(C(=O)O)c(=O)[nH]c2=O)C(O)C1O. The number of carbonyl (C=O) groups is 4. The van der Waals surface area contributed by atoms with E-state index in [2.05, 4.69) is 4.74 Å². The number of amides is 2. The van der Waals surface area contributed by atoms with Crippen LogP contribution in [0.15, 0.2) is 15.8 Å². The number of nitrogens with two attached hydrogens (primary N) is 2. The number of aliphatic carboxylic acids is 1. The predicted octanol–water partition coefficient (Wildman–Crippen LogP) is -6.43. The van der Waals surface area contributed by atoms with E-state index in [0.29, 0.717) is 10.8 Å². The number of aromatic carboxylic acids is 1. The summed E-state index contributed by atoms with van der Waals surface area (Å²) in [6.07, 6.45) is -12.8. The third kappa shape index (κ3) is 6.02. The fraction of sp³-hybridized carbons (Fsp3) is 0.529. The van der Waals surface area contributed by atoms with Crippen molar-refractivity contribution in [1.29, 1.82) is 0 Å². The zero-order chi connectivity index (χ0) is 27.5. The molecule has 0 radical (unpaired) electrons. The molecule has 1 fully saturated rings. The third-order valence-electron chi connectivity index (χ3n) is 5.10. The van der Waals surface area contributed by atoms with E-state index < -0.39 is 96.2 Å². The van der Waals surface area contributed by atoms with Crippen LogP contribution in [-0.4, -0.2) is 113 Å². The fourth-order valence-corrected chi connectivity index (χ4v) is 3.21. The lowest BCUT2D eigenvalue weighted by Gasteiger charge is -2.27. The highest BCUT2D eigenvalue weighted by atomic mass is 16.6. The van der Waals surface area contributed by atoms with Crippen molar-refractivity contribution < 1.29 is 59.3 Å². The number of rotatable bonds is 10. The van der Waals surface area contributed by atoms with Crippen molar-refractivity contribution in [2.24, 2.45) is 11.5 Å². The van der Waals surface area contributed by atoms with Gasteiger partial charge in [0.1, 0.15) is 48.7 Å². The second kappa shape index (κ2) is 11.2. The summed E-state index contributed by atoms with van der Waals surface area (Å²) in [4.78, 5) is 71.3. The lowest BCUT2D eigenvalue weighted by atomic mass is 10.0. The van der Waals surface area contributed by atoms with E-state index in [1.54, 1.807) is 4.98 Å². The van der Waals surface area contributed by atoms with Gasteiger partial charge in [-0.05, 0) is 0 Å². The number of hydrogen-bond acceptors (Lipinski definition) is 13. The molecule has 1 saturated heterocycles. The van der Waals surface area contributed by atoms with Crippen molar-refractivity contribution in [3.05, 3.63) is 32.6 Å². The minimum atomic E-state index is -2.16. The Morgan fingerprint density at radius 3 is 2.31 bits per heavy atom. The average Bonchev–Trinajstić information content (AvgIpc) is 3.08. The first-order valence-corrected chi connectivity index (χ1v) is 9.84. The van der Waals surface area contributed by atoms with Crippen molar-refractivity contribution >= 4 is 23.9 Å². The molecule has 8 atom stereocenters. The van der Waals surface area contributed by atoms with Crippen LogP contribution >= 0.6 is 0 Å². The molecule has 0 aromatic carbocycles. The number of hydrogen-bond donors (Lipinski definition) is 10. The monoisotopic (exact) mass is 521 g/mol. The third-order valence-corrected chi connectivity index (χ3v) is 5.10. The maximum Gasteiger partial charge on any atom is 0.404 e. The summed E-state index contributed by atoms with van der Waals surface area (Å²) in [5.41, 5.74) is 6.72. The van der Waals surface area contributed by atoms with Crippen LogP contribution < -0.4 is 28.0 Å². The molecule has 8 unspecified atom stereocenters. The van der Waals surface area contributed by atoms with Gasteiger partial charge in [0, 0.05) is 6.20 Å². The Morgan fingerprint density at radius 1 is 1.17 bits per heavy atom. The Hall–Kier alpha value is -3.88. The van der Waals surface area contributed by atoms with Crippen LogP contribution in [0.1, 0.15) is 16.6 Å². The van der Waals surface area contributed by atoms with Crippen LogP contribution in [0.3, 0.4) is 0 Å². The zero-order valence-corrected chi connectivity index (χ0v) is 18.0. The highest BCUT2D eigenvalue weighted by Gasteiger charge is 2.50. The van der Waals surface area contributed by atoms with Crippen LogP contribution in [0.4, 0.5) is 4.79 Å². The second-order valence-corrected chi connectivity index (χ2v) is 7.53. The number of carboxylic acids is 2. The van der Waals surface area contributed by atoms with E-state index >= 15 is 0 Å². The van der Waals surface area contributed by atoms with E-state index in [-0.39, 0.29) is 0 Å². The smallest absolute Gasteiger partial charge is 0.404 e. The minimum absolute atomic E-state index is 0.393. The molecule has 1 aromatic rings. The van der Waals surface area contributed by atoms with E-state index in [1.165, 1.54) is 0 Å². The molecule has 1 aliphatic heterocycles. The summed E-state index contributed by atoms with van der Waals surface area (Å²) in [5.74, 6) is -4.98. The number of nitrogens with one attached hydrogen (secondary N) is 2. The van der Waals surface area contributed by atoms with Gasteiger partial charge in [0.2, 0.25) is 5.91 Å². The van der Waals surface area contributed by atoms with Gasteiger partial charge in [0.05, 0.1) is 0 Å². The fourth-order valence-electron chi connectivity index (χ4n) is 3.21.